The summed E-state index contributed by atoms with van der Waals surface area (Å²) in [5.74, 6) is 1.09. The molecule has 0 bridgehead atoms. The lowest BCUT2D eigenvalue weighted by Gasteiger charge is -2.46. The number of hydrogen-bond acceptors (Lipinski definition) is 3. The molecule has 2 aromatic carbocycles. The Morgan fingerprint density at radius 2 is 1.69 bits per heavy atom. The molecule has 2 aromatic rings. The SMILES string of the molecule is C[Si](C)Oc1c(C(C)(C)C)ccc2c1C(C(=O)O)([Si](C)(C)C)c1ccccc1O2. The second-order valence-electron chi connectivity index (χ2n) is 9.98. The summed E-state index contributed by atoms with van der Waals surface area (Å²) in [6, 6.07) is 11.5. The van der Waals surface area contributed by atoms with Crippen LogP contribution < -0.4 is 9.16 Å². The normalized spacial score (nSPS) is 18.7. The van der Waals surface area contributed by atoms with Gasteiger partial charge in [-0.1, -0.05) is 64.7 Å². The first kappa shape index (κ1) is 21.6. The van der Waals surface area contributed by atoms with E-state index in [1.54, 1.807) is 0 Å². The molecular formula is C23H31O4Si2. The van der Waals surface area contributed by atoms with Crippen molar-refractivity contribution < 1.29 is 19.1 Å². The van der Waals surface area contributed by atoms with Crippen LogP contribution >= 0.6 is 0 Å². The zero-order chi connectivity index (χ0) is 21.8. The molecule has 1 radical (unpaired) electrons. The van der Waals surface area contributed by atoms with Crippen LogP contribution in [0.15, 0.2) is 36.4 Å². The molecule has 4 nitrogen and oxygen atoms in total. The summed E-state index contributed by atoms with van der Waals surface area (Å²) in [4.78, 5) is 13.2. The van der Waals surface area contributed by atoms with Crippen molar-refractivity contribution in [3.8, 4) is 17.2 Å². The van der Waals surface area contributed by atoms with E-state index < -0.39 is 28.1 Å². The second kappa shape index (κ2) is 7.02. The van der Waals surface area contributed by atoms with Gasteiger partial charge in [-0.25, -0.2) is 0 Å². The molecule has 0 saturated heterocycles. The first-order valence-electron chi connectivity index (χ1n) is 9.98. The summed E-state index contributed by atoms with van der Waals surface area (Å²) >= 11 is 0. The molecule has 155 valence electrons. The lowest BCUT2D eigenvalue weighted by molar-refractivity contribution is -0.139. The Labute approximate surface area is 176 Å². The zero-order valence-corrected chi connectivity index (χ0v) is 20.6. The van der Waals surface area contributed by atoms with E-state index in [9.17, 15) is 9.90 Å². The first-order chi connectivity index (χ1) is 13.3. The summed E-state index contributed by atoms with van der Waals surface area (Å²) in [5, 5.41) is 9.64. The Bertz CT molecular complexity index is 954. The number of benzene rings is 2. The minimum atomic E-state index is -2.38. The second-order valence-corrected chi connectivity index (χ2v) is 17.2. The summed E-state index contributed by atoms with van der Waals surface area (Å²) in [6.45, 7) is 16.9. The maximum absolute atomic E-state index is 13.2. The van der Waals surface area contributed by atoms with Gasteiger partial charge in [0.2, 0.25) is 0 Å². The molecule has 3 rings (SSSR count). The van der Waals surface area contributed by atoms with Gasteiger partial charge in [0.05, 0.1) is 13.6 Å². The van der Waals surface area contributed by atoms with Crippen molar-refractivity contribution in [3.63, 3.8) is 0 Å². The van der Waals surface area contributed by atoms with Gasteiger partial charge < -0.3 is 14.3 Å². The highest BCUT2D eigenvalue weighted by atomic mass is 28.3. The van der Waals surface area contributed by atoms with Crippen LogP contribution in [0.25, 0.3) is 0 Å². The van der Waals surface area contributed by atoms with Gasteiger partial charge in [0.15, 0.2) is 0 Å². The third kappa shape index (κ3) is 3.32. The topological polar surface area (TPSA) is 55.8 Å². The monoisotopic (exact) mass is 427 g/mol. The minimum absolute atomic E-state index is 0.192. The Morgan fingerprint density at radius 1 is 1.07 bits per heavy atom. The Morgan fingerprint density at radius 3 is 2.21 bits per heavy atom. The highest BCUT2D eigenvalue weighted by Crippen LogP contribution is 2.57. The number of aliphatic carboxylic acids is 1. The molecular weight excluding hydrogens is 396 g/mol. The predicted molar refractivity (Wildman–Crippen MR) is 122 cm³/mol. The van der Waals surface area contributed by atoms with E-state index in [4.69, 9.17) is 9.16 Å². The standard InChI is InChI=1S/C23H31O4Si2/c1-22(2,3)16-13-14-18-19(20(16)27-28(4)5)23(21(24)25,29(6,7)8)15-11-9-10-12-17(15)26-18/h9-14H,1-8H3,(H,24,25). The van der Waals surface area contributed by atoms with Crippen LogP contribution in [0.5, 0.6) is 17.2 Å². The Kier molecular flexibility index (Phi) is 5.24. The smallest absolute Gasteiger partial charge is 0.316 e. The van der Waals surface area contributed by atoms with Crippen molar-refractivity contribution in [1.82, 2.24) is 0 Å². The third-order valence-corrected chi connectivity index (χ3v) is 9.16. The van der Waals surface area contributed by atoms with E-state index in [1.807, 2.05) is 36.4 Å². The predicted octanol–water partition coefficient (Wildman–Crippen LogP) is 5.97. The van der Waals surface area contributed by atoms with Gasteiger partial charge in [0.1, 0.15) is 22.3 Å². The molecule has 0 amide bonds. The number of hydrogen-bond donors (Lipinski definition) is 1. The van der Waals surface area contributed by atoms with Crippen LogP contribution in [0.3, 0.4) is 0 Å². The van der Waals surface area contributed by atoms with Crippen molar-refractivity contribution in [2.75, 3.05) is 0 Å². The summed E-state index contributed by atoms with van der Waals surface area (Å²) < 4.78 is 12.7. The van der Waals surface area contributed by atoms with E-state index in [1.165, 1.54) is 0 Å². The molecule has 0 saturated carbocycles. The average Bonchev–Trinajstić information content (AvgIpc) is 2.56. The molecule has 1 aliphatic rings. The number of carboxylic acids is 1. The fourth-order valence-corrected chi connectivity index (χ4v) is 7.61. The van der Waals surface area contributed by atoms with Gasteiger partial charge in [-0.15, -0.1) is 0 Å². The van der Waals surface area contributed by atoms with Crippen LogP contribution in [-0.4, -0.2) is 28.2 Å². The van der Waals surface area contributed by atoms with E-state index in [2.05, 4.69) is 53.5 Å². The first-order valence-corrected chi connectivity index (χ1v) is 15.9. The number of carboxylic acid groups (broad SMARTS) is 1. The molecule has 6 heteroatoms. The van der Waals surface area contributed by atoms with Gasteiger partial charge >= 0.3 is 5.97 Å². The molecule has 1 heterocycles. The highest BCUT2D eigenvalue weighted by Gasteiger charge is 2.59. The maximum atomic E-state index is 13.2. The lowest BCUT2D eigenvalue weighted by atomic mass is 9.79. The summed E-state index contributed by atoms with van der Waals surface area (Å²) in [7, 11) is -3.52. The van der Waals surface area contributed by atoms with Crippen LogP contribution in [-0.2, 0) is 15.2 Å². The van der Waals surface area contributed by atoms with Gasteiger partial charge in [-0.05, 0) is 36.2 Å². The third-order valence-electron chi connectivity index (χ3n) is 5.57. The summed E-state index contributed by atoms with van der Waals surface area (Å²) in [5.41, 5.74) is 2.26. The Balaban J connectivity index is 2.54. The Hall–Kier alpha value is -2.06. The van der Waals surface area contributed by atoms with Gasteiger partial charge in [-0.3, -0.25) is 4.79 Å². The molecule has 0 spiro atoms. The molecule has 0 aromatic heterocycles. The number of carbonyl (C=O) groups is 1. The van der Waals surface area contributed by atoms with Crippen molar-refractivity contribution in [3.05, 3.63) is 53.1 Å². The molecule has 0 aliphatic carbocycles. The van der Waals surface area contributed by atoms with Crippen molar-refractivity contribution >= 4 is 23.1 Å². The van der Waals surface area contributed by atoms with Crippen LogP contribution in [0.4, 0.5) is 0 Å². The van der Waals surface area contributed by atoms with E-state index in [0.717, 1.165) is 11.1 Å². The average molecular weight is 428 g/mol. The largest absolute Gasteiger partial charge is 0.542 e. The molecule has 1 atom stereocenters. The minimum Gasteiger partial charge on any atom is -0.542 e. The van der Waals surface area contributed by atoms with Crippen LogP contribution in [0, 0.1) is 0 Å². The van der Waals surface area contributed by atoms with Crippen LogP contribution in [0.2, 0.25) is 32.7 Å². The molecule has 29 heavy (non-hydrogen) atoms. The fourth-order valence-electron chi connectivity index (χ4n) is 4.35. The van der Waals surface area contributed by atoms with Crippen LogP contribution in [0.1, 0.15) is 37.5 Å². The molecule has 1 aliphatic heterocycles. The van der Waals surface area contributed by atoms with E-state index in [0.29, 0.717) is 22.8 Å². The number of para-hydroxylation sites is 1. The molecule has 1 N–H and O–H groups in total. The van der Waals surface area contributed by atoms with Gasteiger partial charge in [0, 0.05) is 5.56 Å². The number of ether oxygens (including phenoxy) is 1. The maximum Gasteiger partial charge on any atom is 0.316 e. The quantitative estimate of drug-likeness (QED) is 0.611. The molecule has 1 unspecified atom stereocenters. The van der Waals surface area contributed by atoms with Crippen molar-refractivity contribution in [1.29, 1.82) is 0 Å². The lowest BCUT2D eigenvalue weighted by Crippen LogP contribution is -2.57. The number of fused-ring (bicyclic) bond motifs is 2. The van der Waals surface area contributed by atoms with Crippen molar-refractivity contribution in [2.24, 2.45) is 0 Å². The van der Waals surface area contributed by atoms with Crippen molar-refractivity contribution in [2.45, 2.75) is 64.0 Å². The van der Waals surface area contributed by atoms with Gasteiger partial charge in [0.25, 0.3) is 9.04 Å². The number of rotatable bonds is 4. The fraction of sp³-hybridized carbons (Fsp3) is 0.435. The van der Waals surface area contributed by atoms with Gasteiger partial charge in [-0.2, -0.15) is 0 Å². The van der Waals surface area contributed by atoms with E-state index >= 15 is 0 Å². The zero-order valence-electron chi connectivity index (χ0n) is 18.6. The highest BCUT2D eigenvalue weighted by molar-refractivity contribution is 6.83. The molecule has 0 fully saturated rings. The van der Waals surface area contributed by atoms with E-state index in [-0.39, 0.29) is 5.41 Å². The summed E-state index contributed by atoms with van der Waals surface area (Å²) in [6.07, 6.45) is 0.